The number of aliphatic hydroxyl groups is 2. The Morgan fingerprint density at radius 1 is 0.909 bits per heavy atom. The highest BCUT2D eigenvalue weighted by atomic mass is 16.5. The van der Waals surface area contributed by atoms with Gasteiger partial charge < -0.3 is 15.3 Å². The van der Waals surface area contributed by atoms with Crippen molar-refractivity contribution < 1.29 is 20.1 Å². The summed E-state index contributed by atoms with van der Waals surface area (Å²) in [6, 6.07) is 0. The minimum Gasteiger partial charge on any atom is -0.481 e. The fourth-order valence-corrected chi connectivity index (χ4v) is 2.41. The van der Waals surface area contributed by atoms with E-state index in [1.807, 2.05) is 6.08 Å². The molecule has 0 saturated heterocycles. The fourth-order valence-electron chi connectivity index (χ4n) is 2.41. The first kappa shape index (κ1) is 21.1. The van der Waals surface area contributed by atoms with Gasteiger partial charge in [-0.2, -0.15) is 0 Å². The van der Waals surface area contributed by atoms with E-state index in [1.165, 1.54) is 12.5 Å². The summed E-state index contributed by atoms with van der Waals surface area (Å²) in [4.78, 5) is 10.3. The molecular formula is C18H34O4. The number of hydrogen-bond acceptors (Lipinski definition) is 3. The van der Waals surface area contributed by atoms with Crippen LogP contribution in [0, 0.1) is 0 Å². The fraction of sp³-hybridized carbons (Fsp3) is 0.833. The van der Waals surface area contributed by atoms with Crippen LogP contribution in [0.2, 0.25) is 0 Å². The molecule has 0 aliphatic carbocycles. The van der Waals surface area contributed by atoms with E-state index in [1.54, 1.807) is 0 Å². The second kappa shape index (κ2) is 13.8. The summed E-state index contributed by atoms with van der Waals surface area (Å²) in [6.45, 7) is 2.10. The lowest BCUT2D eigenvalue weighted by Gasteiger charge is -2.16. The third-order valence-electron chi connectivity index (χ3n) is 3.79. The Morgan fingerprint density at radius 3 is 2.09 bits per heavy atom. The van der Waals surface area contributed by atoms with E-state index in [2.05, 4.69) is 6.92 Å². The van der Waals surface area contributed by atoms with Gasteiger partial charge in [0.15, 0.2) is 5.79 Å². The molecule has 0 amide bonds. The summed E-state index contributed by atoms with van der Waals surface area (Å²) in [6.07, 6.45) is 15.4. The van der Waals surface area contributed by atoms with Crippen molar-refractivity contribution in [3.8, 4) is 0 Å². The number of hydrogen-bond donors (Lipinski definition) is 3. The minimum atomic E-state index is -1.64. The smallest absolute Gasteiger partial charge is 0.303 e. The van der Waals surface area contributed by atoms with Gasteiger partial charge in [-0.15, -0.1) is 0 Å². The quantitative estimate of drug-likeness (QED) is 0.238. The van der Waals surface area contributed by atoms with Crippen molar-refractivity contribution in [2.45, 2.75) is 96.2 Å². The zero-order valence-corrected chi connectivity index (χ0v) is 14.1. The van der Waals surface area contributed by atoms with E-state index in [0.717, 1.165) is 64.2 Å². The number of rotatable bonds is 15. The van der Waals surface area contributed by atoms with Crippen LogP contribution in [0.4, 0.5) is 0 Å². The summed E-state index contributed by atoms with van der Waals surface area (Å²) in [5.74, 6) is -2.34. The Hall–Kier alpha value is -0.870. The van der Waals surface area contributed by atoms with E-state index >= 15 is 0 Å². The summed E-state index contributed by atoms with van der Waals surface area (Å²) >= 11 is 0. The highest BCUT2D eigenvalue weighted by Crippen LogP contribution is 2.15. The van der Waals surface area contributed by atoms with Crippen molar-refractivity contribution >= 4 is 5.97 Å². The van der Waals surface area contributed by atoms with Gasteiger partial charge in [0.05, 0.1) is 0 Å². The topological polar surface area (TPSA) is 77.8 Å². The molecule has 0 spiro atoms. The lowest BCUT2D eigenvalue weighted by atomic mass is 10.0. The lowest BCUT2D eigenvalue weighted by molar-refractivity contribution is -0.137. The summed E-state index contributed by atoms with van der Waals surface area (Å²) < 4.78 is 0. The SMILES string of the molecule is CCCCCC(O)(O)/C=C/CCCCCCCCCC(=O)O. The Kier molecular flexibility index (Phi) is 13.2. The van der Waals surface area contributed by atoms with Gasteiger partial charge in [0.1, 0.15) is 0 Å². The van der Waals surface area contributed by atoms with Crippen LogP contribution in [0.5, 0.6) is 0 Å². The van der Waals surface area contributed by atoms with Crippen molar-refractivity contribution in [2.75, 3.05) is 0 Å². The maximum Gasteiger partial charge on any atom is 0.303 e. The number of carboxylic acid groups (broad SMARTS) is 1. The third kappa shape index (κ3) is 15.5. The van der Waals surface area contributed by atoms with Crippen LogP contribution in [-0.2, 0) is 4.79 Å². The van der Waals surface area contributed by atoms with Gasteiger partial charge in [-0.3, -0.25) is 4.79 Å². The average molecular weight is 314 g/mol. The van der Waals surface area contributed by atoms with Crippen LogP contribution in [0.3, 0.4) is 0 Å². The molecule has 0 aromatic heterocycles. The van der Waals surface area contributed by atoms with Gasteiger partial charge in [-0.1, -0.05) is 57.9 Å². The predicted molar refractivity (Wildman–Crippen MR) is 89.6 cm³/mol. The molecule has 0 aromatic rings. The monoisotopic (exact) mass is 314 g/mol. The largest absolute Gasteiger partial charge is 0.481 e. The van der Waals surface area contributed by atoms with Crippen molar-refractivity contribution in [3.63, 3.8) is 0 Å². The minimum absolute atomic E-state index is 0.285. The Balaban J connectivity index is 3.40. The zero-order valence-electron chi connectivity index (χ0n) is 14.1. The number of carbonyl (C=O) groups is 1. The molecule has 0 unspecified atom stereocenters. The van der Waals surface area contributed by atoms with Crippen LogP contribution in [0.15, 0.2) is 12.2 Å². The molecule has 0 aromatic carbocycles. The van der Waals surface area contributed by atoms with Crippen LogP contribution in [-0.4, -0.2) is 27.1 Å². The molecule has 0 fully saturated rings. The molecule has 0 radical (unpaired) electrons. The van der Waals surface area contributed by atoms with Crippen molar-refractivity contribution in [1.29, 1.82) is 0 Å². The molecule has 3 N–H and O–H groups in total. The van der Waals surface area contributed by atoms with Gasteiger partial charge in [0.25, 0.3) is 0 Å². The maximum atomic E-state index is 10.3. The zero-order chi connectivity index (χ0) is 16.7. The van der Waals surface area contributed by atoms with Gasteiger partial charge >= 0.3 is 5.97 Å². The number of allylic oxidation sites excluding steroid dienone is 1. The van der Waals surface area contributed by atoms with E-state index in [9.17, 15) is 15.0 Å². The van der Waals surface area contributed by atoms with Crippen LogP contribution in [0.25, 0.3) is 0 Å². The summed E-state index contributed by atoms with van der Waals surface area (Å²) in [7, 11) is 0. The second-order valence-electron chi connectivity index (χ2n) is 6.15. The van der Waals surface area contributed by atoms with E-state index in [4.69, 9.17) is 5.11 Å². The third-order valence-corrected chi connectivity index (χ3v) is 3.79. The van der Waals surface area contributed by atoms with Crippen LogP contribution >= 0.6 is 0 Å². The van der Waals surface area contributed by atoms with Crippen LogP contribution < -0.4 is 0 Å². The molecule has 0 heterocycles. The van der Waals surface area contributed by atoms with E-state index in [0.29, 0.717) is 6.42 Å². The molecule has 0 aliphatic rings. The average Bonchev–Trinajstić information content (AvgIpc) is 2.44. The van der Waals surface area contributed by atoms with Crippen LogP contribution in [0.1, 0.15) is 90.4 Å². The van der Waals surface area contributed by atoms with E-state index < -0.39 is 11.8 Å². The number of carboxylic acids is 1. The number of unbranched alkanes of at least 4 members (excludes halogenated alkanes) is 9. The maximum absolute atomic E-state index is 10.3. The Labute approximate surface area is 135 Å². The van der Waals surface area contributed by atoms with Crippen molar-refractivity contribution in [1.82, 2.24) is 0 Å². The second-order valence-corrected chi connectivity index (χ2v) is 6.15. The van der Waals surface area contributed by atoms with E-state index in [-0.39, 0.29) is 6.42 Å². The molecule has 22 heavy (non-hydrogen) atoms. The van der Waals surface area contributed by atoms with Gasteiger partial charge in [0.2, 0.25) is 0 Å². The van der Waals surface area contributed by atoms with Gasteiger partial charge in [-0.25, -0.2) is 0 Å². The van der Waals surface area contributed by atoms with Gasteiger partial charge in [0, 0.05) is 12.8 Å². The lowest BCUT2D eigenvalue weighted by Crippen LogP contribution is -2.24. The molecule has 0 atom stereocenters. The van der Waals surface area contributed by atoms with Crippen molar-refractivity contribution in [2.24, 2.45) is 0 Å². The highest BCUT2D eigenvalue weighted by Gasteiger charge is 2.17. The molecule has 0 saturated carbocycles. The molecule has 130 valence electrons. The molecular weight excluding hydrogens is 280 g/mol. The predicted octanol–water partition coefficient (Wildman–Crippen LogP) is 4.40. The Morgan fingerprint density at radius 2 is 1.50 bits per heavy atom. The standard InChI is InChI=1S/C18H34O4/c1-2-3-12-15-18(21,22)16-13-10-8-6-4-5-7-9-11-14-17(19)20/h13,16,21-22H,2-12,14-15H2,1H3,(H,19,20)/b16-13+. The first-order chi connectivity index (χ1) is 10.5. The number of aliphatic carboxylic acids is 1. The van der Waals surface area contributed by atoms with Gasteiger partial charge in [-0.05, 0) is 31.8 Å². The first-order valence-corrected chi connectivity index (χ1v) is 8.82. The molecule has 0 bridgehead atoms. The highest BCUT2D eigenvalue weighted by molar-refractivity contribution is 5.66. The Bertz CT molecular complexity index is 297. The normalized spacial score (nSPS) is 12.1. The van der Waals surface area contributed by atoms with Crippen molar-refractivity contribution in [3.05, 3.63) is 12.2 Å². The summed E-state index contributed by atoms with van der Waals surface area (Å²) in [5, 5.41) is 28.0. The molecule has 0 aliphatic heterocycles. The molecule has 0 rings (SSSR count). The molecule has 4 heteroatoms. The summed E-state index contributed by atoms with van der Waals surface area (Å²) in [5.41, 5.74) is 0. The molecule has 4 nitrogen and oxygen atoms in total. The first-order valence-electron chi connectivity index (χ1n) is 8.82.